The Labute approximate surface area is 166 Å². The van der Waals surface area contributed by atoms with Crippen molar-refractivity contribution in [3.63, 3.8) is 0 Å². The monoisotopic (exact) mass is 400 g/mol. The summed E-state index contributed by atoms with van der Waals surface area (Å²) in [6.07, 6.45) is 2.14. The van der Waals surface area contributed by atoms with Crippen molar-refractivity contribution in [1.82, 2.24) is 0 Å². The molecule has 0 aliphatic heterocycles. The average Bonchev–Trinajstić information content (AvgIpc) is 3.20. The molecule has 132 valence electrons. The number of halogens is 1. The molecule has 0 saturated carbocycles. The van der Waals surface area contributed by atoms with E-state index in [9.17, 15) is 9.59 Å². The predicted molar refractivity (Wildman–Crippen MR) is 110 cm³/mol. The van der Waals surface area contributed by atoms with Crippen LogP contribution in [-0.4, -0.2) is 17.8 Å². The number of carbonyl (C=O) groups is 2. The number of thioether (sulfide) groups is 1. The van der Waals surface area contributed by atoms with Crippen molar-refractivity contribution in [3.8, 4) is 0 Å². The molecular formula is C21H17ClO2S2. The minimum atomic E-state index is -0.474. The lowest BCUT2D eigenvalue weighted by Gasteiger charge is -2.14. The van der Waals surface area contributed by atoms with Crippen molar-refractivity contribution in [2.75, 3.05) is 6.26 Å². The van der Waals surface area contributed by atoms with Gasteiger partial charge in [-0.15, -0.1) is 23.1 Å². The number of ketones is 2. The standard InChI is InChI=1S/C21H17ClO2S2/c1-25-17-10-6-15(7-11-17)21(24)18(20-3-2-12-26-20)13-19(23)14-4-8-16(22)9-5-14/h2-12,18H,13H2,1H3/t18-/m0/s1. The van der Waals surface area contributed by atoms with Gasteiger partial charge in [-0.2, -0.15) is 0 Å². The molecule has 0 spiro atoms. The highest BCUT2D eigenvalue weighted by atomic mass is 35.5. The fraction of sp³-hybridized carbons (Fsp3) is 0.143. The SMILES string of the molecule is CSc1ccc(C(=O)[C@@H](CC(=O)c2ccc(Cl)cc2)c2cccs2)cc1. The lowest BCUT2D eigenvalue weighted by Crippen LogP contribution is -2.16. The molecule has 0 aliphatic rings. The zero-order valence-corrected chi connectivity index (χ0v) is 16.5. The Bertz CT molecular complexity index is 885. The smallest absolute Gasteiger partial charge is 0.171 e. The van der Waals surface area contributed by atoms with E-state index < -0.39 is 5.92 Å². The van der Waals surface area contributed by atoms with E-state index in [1.807, 2.05) is 48.0 Å². The number of hydrogen-bond donors (Lipinski definition) is 0. The first-order chi connectivity index (χ1) is 12.6. The maximum Gasteiger partial charge on any atom is 0.171 e. The molecule has 1 heterocycles. The van der Waals surface area contributed by atoms with Gasteiger partial charge in [-0.25, -0.2) is 0 Å². The van der Waals surface area contributed by atoms with Crippen LogP contribution in [0.1, 0.15) is 37.9 Å². The van der Waals surface area contributed by atoms with Gasteiger partial charge >= 0.3 is 0 Å². The van der Waals surface area contributed by atoms with Crippen molar-refractivity contribution in [3.05, 3.63) is 87.1 Å². The van der Waals surface area contributed by atoms with E-state index in [1.54, 1.807) is 36.0 Å². The number of rotatable bonds is 7. The summed E-state index contributed by atoms with van der Waals surface area (Å²) in [7, 11) is 0. The molecule has 0 aliphatic carbocycles. The highest BCUT2D eigenvalue weighted by Crippen LogP contribution is 2.30. The second-order valence-electron chi connectivity index (χ2n) is 5.79. The van der Waals surface area contributed by atoms with E-state index in [0.29, 0.717) is 16.1 Å². The van der Waals surface area contributed by atoms with Gasteiger partial charge in [0, 0.05) is 32.3 Å². The summed E-state index contributed by atoms with van der Waals surface area (Å²) >= 11 is 9.03. The molecule has 0 fully saturated rings. The zero-order valence-electron chi connectivity index (χ0n) is 14.1. The Balaban J connectivity index is 1.86. The van der Waals surface area contributed by atoms with E-state index in [2.05, 4.69) is 0 Å². The van der Waals surface area contributed by atoms with Crippen LogP contribution in [0.25, 0.3) is 0 Å². The van der Waals surface area contributed by atoms with Crippen molar-refractivity contribution in [1.29, 1.82) is 0 Å². The highest BCUT2D eigenvalue weighted by molar-refractivity contribution is 7.98. The largest absolute Gasteiger partial charge is 0.294 e. The number of benzene rings is 2. The van der Waals surface area contributed by atoms with E-state index in [-0.39, 0.29) is 18.0 Å². The Morgan fingerprint density at radius 2 is 1.65 bits per heavy atom. The predicted octanol–water partition coefficient (Wildman–Crippen LogP) is 6.36. The summed E-state index contributed by atoms with van der Waals surface area (Å²) in [5.41, 5.74) is 1.20. The summed E-state index contributed by atoms with van der Waals surface area (Å²) in [5.74, 6) is -0.560. The lowest BCUT2D eigenvalue weighted by molar-refractivity contribution is 0.0895. The van der Waals surface area contributed by atoms with Crippen molar-refractivity contribution in [2.24, 2.45) is 0 Å². The Morgan fingerprint density at radius 1 is 1.00 bits per heavy atom. The van der Waals surface area contributed by atoms with Gasteiger partial charge in [0.1, 0.15) is 0 Å². The summed E-state index contributed by atoms with van der Waals surface area (Å²) in [6, 6.07) is 18.2. The van der Waals surface area contributed by atoms with Crippen LogP contribution in [0.5, 0.6) is 0 Å². The first-order valence-corrected chi connectivity index (χ1v) is 10.6. The summed E-state index contributed by atoms with van der Waals surface area (Å²) < 4.78 is 0. The Hall–Kier alpha value is -1.88. The van der Waals surface area contributed by atoms with Gasteiger partial charge in [-0.3, -0.25) is 9.59 Å². The molecular weight excluding hydrogens is 384 g/mol. The summed E-state index contributed by atoms with van der Waals surface area (Å²) in [6.45, 7) is 0. The van der Waals surface area contributed by atoms with Crippen LogP contribution in [0.3, 0.4) is 0 Å². The van der Waals surface area contributed by atoms with Crippen molar-refractivity contribution < 1.29 is 9.59 Å². The highest BCUT2D eigenvalue weighted by Gasteiger charge is 2.26. The van der Waals surface area contributed by atoms with Crippen molar-refractivity contribution >= 4 is 46.3 Å². The number of carbonyl (C=O) groups excluding carboxylic acids is 2. The fourth-order valence-electron chi connectivity index (χ4n) is 2.71. The molecule has 2 aromatic carbocycles. The van der Waals surface area contributed by atoms with Gasteiger partial charge in [-0.05, 0) is 54.1 Å². The minimum absolute atomic E-state index is 0.0255. The molecule has 0 radical (unpaired) electrons. The molecule has 0 N–H and O–H groups in total. The molecule has 0 bridgehead atoms. The third-order valence-electron chi connectivity index (χ3n) is 4.13. The normalized spacial score (nSPS) is 11.9. The topological polar surface area (TPSA) is 34.1 Å². The number of hydrogen-bond acceptors (Lipinski definition) is 4. The van der Waals surface area contributed by atoms with E-state index >= 15 is 0 Å². The van der Waals surface area contributed by atoms with Crippen LogP contribution < -0.4 is 0 Å². The zero-order chi connectivity index (χ0) is 18.5. The first kappa shape index (κ1) is 18.9. The van der Waals surface area contributed by atoms with Gasteiger partial charge in [-0.1, -0.05) is 29.8 Å². The van der Waals surface area contributed by atoms with Crippen LogP contribution in [0.4, 0.5) is 0 Å². The quantitative estimate of drug-likeness (QED) is 0.341. The van der Waals surface area contributed by atoms with Gasteiger partial charge < -0.3 is 0 Å². The van der Waals surface area contributed by atoms with Crippen LogP contribution >= 0.6 is 34.7 Å². The maximum absolute atomic E-state index is 13.1. The fourth-order valence-corrected chi connectivity index (χ4v) is 4.07. The molecule has 5 heteroatoms. The molecule has 26 heavy (non-hydrogen) atoms. The van der Waals surface area contributed by atoms with Crippen LogP contribution in [-0.2, 0) is 0 Å². The van der Waals surface area contributed by atoms with E-state index in [0.717, 1.165) is 9.77 Å². The maximum atomic E-state index is 13.1. The third kappa shape index (κ3) is 4.44. The van der Waals surface area contributed by atoms with Crippen LogP contribution in [0.15, 0.2) is 70.9 Å². The molecule has 0 amide bonds. The number of thiophene rings is 1. The second kappa shape index (κ2) is 8.67. The molecule has 3 aromatic rings. The molecule has 0 unspecified atom stereocenters. The molecule has 2 nitrogen and oxygen atoms in total. The minimum Gasteiger partial charge on any atom is -0.294 e. The molecule has 0 saturated heterocycles. The number of Topliss-reactive ketones (excluding diaryl/α,β-unsaturated/α-hetero) is 2. The van der Waals surface area contributed by atoms with Gasteiger partial charge in [0.25, 0.3) is 0 Å². The van der Waals surface area contributed by atoms with Crippen molar-refractivity contribution in [2.45, 2.75) is 17.2 Å². The molecule has 1 aromatic heterocycles. The third-order valence-corrected chi connectivity index (χ3v) is 6.11. The first-order valence-electron chi connectivity index (χ1n) is 8.09. The summed E-state index contributed by atoms with van der Waals surface area (Å²) in [4.78, 5) is 27.8. The van der Waals surface area contributed by atoms with E-state index in [4.69, 9.17) is 11.6 Å². The second-order valence-corrected chi connectivity index (χ2v) is 8.09. The lowest BCUT2D eigenvalue weighted by atomic mass is 9.89. The Morgan fingerprint density at radius 3 is 2.23 bits per heavy atom. The summed E-state index contributed by atoms with van der Waals surface area (Å²) in [5, 5.41) is 2.51. The molecule has 1 atom stereocenters. The van der Waals surface area contributed by atoms with Gasteiger partial charge in [0.15, 0.2) is 11.6 Å². The average molecular weight is 401 g/mol. The van der Waals surface area contributed by atoms with Gasteiger partial charge in [0.2, 0.25) is 0 Å². The Kier molecular flexibility index (Phi) is 6.30. The van der Waals surface area contributed by atoms with Crippen LogP contribution in [0.2, 0.25) is 5.02 Å². The van der Waals surface area contributed by atoms with Gasteiger partial charge in [0.05, 0.1) is 5.92 Å². The van der Waals surface area contributed by atoms with E-state index in [1.165, 1.54) is 11.3 Å². The molecule has 3 rings (SSSR count). The van der Waals surface area contributed by atoms with Crippen LogP contribution in [0, 0.1) is 0 Å².